The lowest BCUT2D eigenvalue weighted by atomic mass is 10.0. The molecule has 0 aliphatic carbocycles. The van der Waals surface area contributed by atoms with E-state index in [9.17, 15) is 0 Å². The minimum Gasteiger partial charge on any atom is -0.404 e. The van der Waals surface area contributed by atoms with Crippen LogP contribution in [0.25, 0.3) is 5.57 Å². The molecule has 0 unspecified atom stereocenters. The van der Waals surface area contributed by atoms with Gasteiger partial charge in [0.25, 0.3) is 0 Å². The van der Waals surface area contributed by atoms with E-state index in [1.165, 1.54) is 19.0 Å². The van der Waals surface area contributed by atoms with E-state index in [4.69, 9.17) is 11.5 Å². The molecule has 7 heteroatoms. The predicted octanol–water partition coefficient (Wildman–Crippen LogP) is 1.05. The van der Waals surface area contributed by atoms with Crippen LogP contribution in [0.5, 0.6) is 0 Å². The first-order valence-corrected chi connectivity index (χ1v) is 7.95. The third kappa shape index (κ3) is 4.19. The van der Waals surface area contributed by atoms with E-state index >= 15 is 0 Å². The molecular weight excluding hydrogens is 290 g/mol. The minimum atomic E-state index is 0.0618. The summed E-state index contributed by atoms with van der Waals surface area (Å²) >= 11 is 0. The third-order valence-electron chi connectivity index (χ3n) is 4.26. The second-order valence-electron chi connectivity index (χ2n) is 6.31. The SMILES string of the molecule is CN=C(N)C(=CN)c1ccnc(NCC(C)(C)N2CCCC2)n1. The van der Waals surface area contributed by atoms with E-state index in [0.717, 1.165) is 19.6 Å². The maximum absolute atomic E-state index is 5.85. The van der Waals surface area contributed by atoms with Crippen LogP contribution in [0.15, 0.2) is 23.5 Å². The summed E-state index contributed by atoms with van der Waals surface area (Å²) in [5, 5.41) is 3.33. The van der Waals surface area contributed by atoms with Gasteiger partial charge in [0.2, 0.25) is 5.95 Å². The zero-order valence-corrected chi connectivity index (χ0v) is 14.2. The Balaban J connectivity index is 2.08. The molecule has 0 amide bonds. The predicted molar refractivity (Wildman–Crippen MR) is 95.1 cm³/mol. The number of nitrogens with one attached hydrogen (secondary N) is 1. The lowest BCUT2D eigenvalue weighted by molar-refractivity contribution is 0.167. The maximum atomic E-state index is 5.85. The van der Waals surface area contributed by atoms with Gasteiger partial charge in [0.15, 0.2) is 0 Å². The standard InChI is InChI=1S/C16H27N7/c1-16(2,23-8-4-5-9-23)11-21-15-20-7-6-13(22-15)12(10-17)14(18)19-3/h6-7,10H,4-5,8-9,11,17H2,1-3H3,(H2,18,19)(H,20,21,22). The van der Waals surface area contributed by atoms with E-state index in [1.54, 1.807) is 19.3 Å². The Morgan fingerprint density at radius 3 is 2.74 bits per heavy atom. The molecule has 0 bridgehead atoms. The Labute approximate surface area is 137 Å². The molecule has 1 aromatic rings. The Bertz CT molecular complexity index is 586. The van der Waals surface area contributed by atoms with Gasteiger partial charge < -0.3 is 16.8 Å². The number of rotatable bonds is 6. The van der Waals surface area contributed by atoms with Crippen molar-refractivity contribution in [2.75, 3.05) is 32.0 Å². The van der Waals surface area contributed by atoms with Crippen molar-refractivity contribution < 1.29 is 0 Å². The van der Waals surface area contributed by atoms with Crippen LogP contribution >= 0.6 is 0 Å². The van der Waals surface area contributed by atoms with Crippen LogP contribution in [0.1, 0.15) is 32.4 Å². The molecule has 0 atom stereocenters. The summed E-state index contributed by atoms with van der Waals surface area (Å²) in [5.74, 6) is 0.924. The first-order chi connectivity index (χ1) is 11.0. The molecule has 0 saturated carbocycles. The highest BCUT2D eigenvalue weighted by Crippen LogP contribution is 2.21. The number of likely N-dealkylation sites (tertiary alicyclic amines) is 1. The zero-order valence-electron chi connectivity index (χ0n) is 14.2. The first-order valence-electron chi connectivity index (χ1n) is 7.95. The van der Waals surface area contributed by atoms with Gasteiger partial charge in [-0.15, -0.1) is 0 Å². The van der Waals surface area contributed by atoms with Crippen molar-refractivity contribution >= 4 is 17.4 Å². The lowest BCUT2D eigenvalue weighted by Crippen LogP contribution is -2.47. The fraction of sp³-hybridized carbons (Fsp3) is 0.562. The molecule has 1 aliphatic heterocycles. The molecule has 5 N–H and O–H groups in total. The molecule has 126 valence electrons. The largest absolute Gasteiger partial charge is 0.404 e. The van der Waals surface area contributed by atoms with Crippen molar-refractivity contribution in [2.45, 2.75) is 32.2 Å². The van der Waals surface area contributed by atoms with Gasteiger partial charge in [-0.1, -0.05) is 0 Å². The smallest absolute Gasteiger partial charge is 0.223 e. The van der Waals surface area contributed by atoms with Gasteiger partial charge in [0.05, 0.1) is 11.3 Å². The van der Waals surface area contributed by atoms with Crippen LogP contribution in [0.2, 0.25) is 0 Å². The summed E-state index contributed by atoms with van der Waals surface area (Å²) in [6, 6.07) is 1.77. The Morgan fingerprint density at radius 1 is 1.43 bits per heavy atom. The molecular formula is C16H27N7. The summed E-state index contributed by atoms with van der Waals surface area (Å²) in [6.07, 6.45) is 5.66. The van der Waals surface area contributed by atoms with E-state index in [0.29, 0.717) is 23.1 Å². The molecule has 1 saturated heterocycles. The van der Waals surface area contributed by atoms with Crippen LogP contribution in [0.4, 0.5) is 5.95 Å². The van der Waals surface area contributed by atoms with E-state index in [1.807, 2.05) is 0 Å². The molecule has 0 radical (unpaired) electrons. The van der Waals surface area contributed by atoms with E-state index < -0.39 is 0 Å². The number of hydrogen-bond donors (Lipinski definition) is 3. The summed E-state index contributed by atoms with van der Waals surface area (Å²) in [7, 11) is 1.62. The van der Waals surface area contributed by atoms with Crippen LogP contribution in [-0.4, -0.2) is 52.9 Å². The van der Waals surface area contributed by atoms with Crippen molar-refractivity contribution in [1.82, 2.24) is 14.9 Å². The van der Waals surface area contributed by atoms with Gasteiger partial charge in [-0.05, 0) is 45.8 Å². The normalized spacial score (nSPS) is 17.5. The van der Waals surface area contributed by atoms with Gasteiger partial charge in [0.1, 0.15) is 5.84 Å². The summed E-state index contributed by atoms with van der Waals surface area (Å²) in [5.41, 5.74) is 12.8. The number of aliphatic imine (C=N–C) groups is 1. The van der Waals surface area contributed by atoms with Gasteiger partial charge in [-0.25, -0.2) is 9.97 Å². The van der Waals surface area contributed by atoms with E-state index in [-0.39, 0.29) is 5.54 Å². The number of hydrogen-bond acceptors (Lipinski definition) is 6. The fourth-order valence-corrected chi connectivity index (χ4v) is 2.75. The number of amidine groups is 1. The summed E-state index contributed by atoms with van der Waals surface area (Å²) in [6.45, 7) is 7.55. The average molecular weight is 317 g/mol. The molecule has 0 aromatic carbocycles. The lowest BCUT2D eigenvalue weighted by Gasteiger charge is -2.35. The molecule has 1 aliphatic rings. The van der Waals surface area contributed by atoms with Gasteiger partial charge in [0, 0.05) is 31.5 Å². The van der Waals surface area contributed by atoms with Crippen molar-refractivity contribution in [3.63, 3.8) is 0 Å². The monoisotopic (exact) mass is 317 g/mol. The molecule has 2 heterocycles. The highest BCUT2D eigenvalue weighted by atomic mass is 15.2. The Morgan fingerprint density at radius 2 is 2.13 bits per heavy atom. The first kappa shape index (κ1) is 17.2. The highest BCUT2D eigenvalue weighted by molar-refractivity contribution is 6.21. The van der Waals surface area contributed by atoms with Crippen LogP contribution in [0, 0.1) is 0 Å². The highest BCUT2D eigenvalue weighted by Gasteiger charge is 2.28. The van der Waals surface area contributed by atoms with Crippen LogP contribution in [0.3, 0.4) is 0 Å². The fourth-order valence-electron chi connectivity index (χ4n) is 2.75. The van der Waals surface area contributed by atoms with Gasteiger partial charge in [-0.3, -0.25) is 9.89 Å². The Kier molecular flexibility index (Phi) is 5.54. The topological polar surface area (TPSA) is 105 Å². The zero-order chi connectivity index (χ0) is 16.9. The van der Waals surface area contributed by atoms with Gasteiger partial charge >= 0.3 is 0 Å². The molecule has 7 nitrogen and oxygen atoms in total. The van der Waals surface area contributed by atoms with E-state index in [2.05, 4.69) is 39.0 Å². The van der Waals surface area contributed by atoms with Crippen molar-refractivity contribution in [3.8, 4) is 0 Å². The van der Waals surface area contributed by atoms with Crippen molar-refractivity contribution in [1.29, 1.82) is 0 Å². The molecule has 0 spiro atoms. The molecule has 23 heavy (non-hydrogen) atoms. The number of nitrogens with two attached hydrogens (primary N) is 2. The molecule has 2 rings (SSSR count). The second kappa shape index (κ2) is 7.41. The van der Waals surface area contributed by atoms with Crippen molar-refractivity contribution in [2.24, 2.45) is 16.5 Å². The quantitative estimate of drug-likeness (QED) is 0.535. The summed E-state index contributed by atoms with van der Waals surface area (Å²) in [4.78, 5) is 15.2. The van der Waals surface area contributed by atoms with Crippen LogP contribution < -0.4 is 16.8 Å². The average Bonchev–Trinajstić information content (AvgIpc) is 3.09. The Hall–Kier alpha value is -2.15. The van der Waals surface area contributed by atoms with Crippen LogP contribution in [-0.2, 0) is 0 Å². The number of anilines is 1. The molecule has 1 fully saturated rings. The number of aromatic nitrogens is 2. The number of nitrogens with zero attached hydrogens (tertiary/aromatic N) is 4. The van der Waals surface area contributed by atoms with Gasteiger partial charge in [-0.2, -0.15) is 0 Å². The second-order valence-corrected chi connectivity index (χ2v) is 6.31. The molecule has 1 aromatic heterocycles. The maximum Gasteiger partial charge on any atom is 0.223 e. The summed E-state index contributed by atoms with van der Waals surface area (Å²) < 4.78 is 0. The third-order valence-corrected chi connectivity index (χ3v) is 4.26. The minimum absolute atomic E-state index is 0.0618. The van der Waals surface area contributed by atoms with Crippen molar-refractivity contribution in [3.05, 3.63) is 24.2 Å².